The van der Waals surface area contributed by atoms with Crippen molar-refractivity contribution in [1.29, 1.82) is 0 Å². The van der Waals surface area contributed by atoms with E-state index in [0.29, 0.717) is 5.69 Å². The number of nitrogens with zero attached hydrogens (tertiary/aromatic N) is 1. The van der Waals surface area contributed by atoms with Crippen molar-refractivity contribution in [3.05, 3.63) is 52.3 Å². The number of para-hydroxylation sites is 1. The Bertz CT molecular complexity index is 360. The van der Waals surface area contributed by atoms with Crippen LogP contribution in [0.4, 0.5) is 5.69 Å². The van der Waals surface area contributed by atoms with Gasteiger partial charge in [-0.1, -0.05) is 18.2 Å². The summed E-state index contributed by atoms with van der Waals surface area (Å²) in [6, 6.07) is 8.85. The Hall–Kier alpha value is -2.17. The highest BCUT2D eigenvalue weighted by atomic mass is 16.6. The number of nitrogens with one attached hydrogen (secondary N) is 1. The Labute approximate surface area is 80.2 Å². The van der Waals surface area contributed by atoms with Crippen LogP contribution in [0.2, 0.25) is 0 Å². The van der Waals surface area contributed by atoms with Crippen LogP contribution in [0.1, 0.15) is 0 Å². The molecule has 5 nitrogen and oxygen atoms in total. The van der Waals surface area contributed by atoms with Crippen LogP contribution < -0.4 is 5.32 Å². The summed E-state index contributed by atoms with van der Waals surface area (Å²) < 4.78 is 0. The third-order valence-electron chi connectivity index (χ3n) is 1.49. The molecule has 0 aliphatic rings. The van der Waals surface area contributed by atoms with Crippen LogP contribution in [-0.2, 0) is 4.79 Å². The van der Waals surface area contributed by atoms with Gasteiger partial charge in [-0.15, -0.1) is 0 Å². The van der Waals surface area contributed by atoms with Crippen LogP contribution in [-0.4, -0.2) is 11.2 Å². The molecular formula is C9H8N2O3. The van der Waals surface area contributed by atoms with Gasteiger partial charge in [-0.25, -0.2) is 0 Å². The summed E-state index contributed by atoms with van der Waals surface area (Å²) in [7, 11) is 0. The van der Waals surface area contributed by atoms with E-state index >= 15 is 0 Å². The molecule has 0 heterocycles. The first kappa shape index (κ1) is 9.91. The van der Waals surface area contributed by atoms with Crippen molar-refractivity contribution < 1.29 is 9.72 Å². The second-order valence-electron chi connectivity index (χ2n) is 2.45. The van der Waals surface area contributed by atoms with Crippen LogP contribution in [0, 0.1) is 10.1 Å². The van der Waals surface area contributed by atoms with Crippen molar-refractivity contribution in [1.82, 2.24) is 0 Å². The van der Waals surface area contributed by atoms with Crippen molar-refractivity contribution >= 4 is 12.0 Å². The SMILES string of the molecule is O=CC(=CNc1ccccc1)[N+](=O)[O-]. The van der Waals surface area contributed by atoms with Gasteiger partial charge >= 0.3 is 5.70 Å². The smallest absolute Gasteiger partial charge is 0.324 e. The van der Waals surface area contributed by atoms with Crippen molar-refractivity contribution in [3.63, 3.8) is 0 Å². The van der Waals surface area contributed by atoms with E-state index in [0.717, 1.165) is 6.20 Å². The molecule has 72 valence electrons. The molecule has 0 bridgehead atoms. The fraction of sp³-hybridized carbons (Fsp3) is 0. The van der Waals surface area contributed by atoms with E-state index in [1.54, 1.807) is 24.3 Å². The number of benzene rings is 1. The number of aldehydes is 1. The van der Waals surface area contributed by atoms with Gasteiger partial charge in [0, 0.05) is 5.69 Å². The summed E-state index contributed by atoms with van der Waals surface area (Å²) in [6.45, 7) is 0. The first-order valence-electron chi connectivity index (χ1n) is 3.85. The lowest BCUT2D eigenvalue weighted by atomic mass is 10.3. The number of anilines is 1. The molecule has 0 saturated heterocycles. The average Bonchev–Trinajstić information content (AvgIpc) is 2.20. The zero-order valence-corrected chi connectivity index (χ0v) is 7.21. The molecule has 14 heavy (non-hydrogen) atoms. The van der Waals surface area contributed by atoms with E-state index in [-0.39, 0.29) is 6.29 Å². The van der Waals surface area contributed by atoms with Gasteiger partial charge in [0.15, 0.2) is 0 Å². The summed E-state index contributed by atoms with van der Waals surface area (Å²) in [6.07, 6.45) is 1.25. The lowest BCUT2D eigenvalue weighted by molar-refractivity contribution is -0.417. The number of nitro groups is 1. The fourth-order valence-corrected chi connectivity index (χ4v) is 0.821. The molecule has 1 N–H and O–H groups in total. The molecule has 0 aliphatic carbocycles. The molecule has 1 rings (SSSR count). The third-order valence-corrected chi connectivity index (χ3v) is 1.49. The van der Waals surface area contributed by atoms with Crippen molar-refractivity contribution in [3.8, 4) is 0 Å². The number of hydrogen-bond acceptors (Lipinski definition) is 4. The van der Waals surface area contributed by atoms with E-state index in [2.05, 4.69) is 5.32 Å². The van der Waals surface area contributed by atoms with Gasteiger partial charge in [-0.2, -0.15) is 0 Å². The van der Waals surface area contributed by atoms with E-state index < -0.39 is 10.6 Å². The molecule has 0 amide bonds. The lowest BCUT2D eigenvalue weighted by Gasteiger charge is -1.97. The van der Waals surface area contributed by atoms with Gasteiger partial charge in [0.2, 0.25) is 6.29 Å². The second kappa shape index (κ2) is 4.76. The van der Waals surface area contributed by atoms with Crippen LogP contribution in [0.25, 0.3) is 0 Å². The Morgan fingerprint density at radius 2 is 2.00 bits per heavy atom. The summed E-state index contributed by atoms with van der Waals surface area (Å²) in [5.41, 5.74) is 0.183. The standard InChI is InChI=1S/C9H8N2O3/c12-7-9(11(13)14)6-10-8-4-2-1-3-5-8/h1-7,10H. The minimum Gasteiger partial charge on any atom is -0.356 e. The predicted octanol–water partition coefficient (Wildman–Crippen LogP) is 1.42. The number of hydrogen-bond donors (Lipinski definition) is 1. The Morgan fingerprint density at radius 3 is 2.50 bits per heavy atom. The Kier molecular flexibility index (Phi) is 3.37. The zero-order valence-electron chi connectivity index (χ0n) is 7.21. The largest absolute Gasteiger partial charge is 0.356 e. The molecule has 0 saturated carbocycles. The van der Waals surface area contributed by atoms with Crippen LogP contribution in [0.5, 0.6) is 0 Å². The van der Waals surface area contributed by atoms with Gasteiger partial charge in [0.25, 0.3) is 0 Å². The predicted molar refractivity (Wildman–Crippen MR) is 51.2 cm³/mol. The molecule has 0 unspecified atom stereocenters. The number of allylic oxidation sites excluding steroid dienone is 1. The zero-order chi connectivity index (χ0) is 10.4. The van der Waals surface area contributed by atoms with Gasteiger partial charge in [-0.3, -0.25) is 14.9 Å². The summed E-state index contributed by atoms with van der Waals surface area (Å²) in [4.78, 5) is 19.7. The van der Waals surface area contributed by atoms with Crippen LogP contribution in [0.15, 0.2) is 42.2 Å². The van der Waals surface area contributed by atoms with Crippen LogP contribution in [0.3, 0.4) is 0 Å². The Morgan fingerprint density at radius 1 is 1.36 bits per heavy atom. The number of carbonyl (C=O) groups is 1. The average molecular weight is 192 g/mol. The molecule has 0 radical (unpaired) electrons. The molecule has 1 aromatic carbocycles. The van der Waals surface area contributed by atoms with Gasteiger partial charge < -0.3 is 5.32 Å². The summed E-state index contributed by atoms with van der Waals surface area (Å²) in [5, 5.41) is 12.9. The normalized spacial score (nSPS) is 10.7. The quantitative estimate of drug-likeness (QED) is 0.339. The second-order valence-corrected chi connectivity index (χ2v) is 2.45. The monoisotopic (exact) mass is 192 g/mol. The van der Waals surface area contributed by atoms with Gasteiger partial charge in [0.05, 0.1) is 11.1 Å². The fourth-order valence-electron chi connectivity index (χ4n) is 0.821. The van der Waals surface area contributed by atoms with Crippen molar-refractivity contribution in [2.45, 2.75) is 0 Å². The van der Waals surface area contributed by atoms with E-state index in [1.165, 1.54) is 0 Å². The molecule has 0 spiro atoms. The summed E-state index contributed by atoms with van der Waals surface area (Å²) in [5.74, 6) is 0. The molecule has 0 aromatic heterocycles. The van der Waals surface area contributed by atoms with Gasteiger partial charge in [0.1, 0.15) is 0 Å². The molecule has 0 atom stereocenters. The maximum Gasteiger partial charge on any atom is 0.324 e. The maximum absolute atomic E-state index is 10.2. The van der Waals surface area contributed by atoms with Crippen molar-refractivity contribution in [2.24, 2.45) is 0 Å². The topological polar surface area (TPSA) is 72.2 Å². The first-order valence-corrected chi connectivity index (χ1v) is 3.85. The van der Waals surface area contributed by atoms with E-state index in [9.17, 15) is 14.9 Å². The van der Waals surface area contributed by atoms with Crippen molar-refractivity contribution in [2.75, 3.05) is 5.32 Å². The minimum absolute atomic E-state index is 0.190. The molecule has 0 fully saturated rings. The summed E-state index contributed by atoms with van der Waals surface area (Å²) >= 11 is 0. The Balaban J connectivity index is 2.71. The van der Waals surface area contributed by atoms with E-state index in [4.69, 9.17) is 0 Å². The molecular weight excluding hydrogens is 184 g/mol. The number of carbonyl (C=O) groups excluding carboxylic acids is 1. The first-order chi connectivity index (χ1) is 6.74. The molecule has 0 aliphatic heterocycles. The van der Waals surface area contributed by atoms with E-state index in [1.807, 2.05) is 6.07 Å². The number of rotatable bonds is 4. The molecule has 5 heteroatoms. The van der Waals surface area contributed by atoms with Crippen LogP contribution >= 0.6 is 0 Å². The minimum atomic E-state index is -0.747. The highest BCUT2D eigenvalue weighted by Gasteiger charge is 2.06. The molecule has 1 aromatic rings. The third kappa shape index (κ3) is 2.71. The highest BCUT2D eigenvalue weighted by Crippen LogP contribution is 2.05. The van der Waals surface area contributed by atoms with Gasteiger partial charge in [-0.05, 0) is 12.1 Å². The lowest BCUT2D eigenvalue weighted by Crippen LogP contribution is -2.02. The maximum atomic E-state index is 10.2. The highest BCUT2D eigenvalue weighted by molar-refractivity contribution is 5.70.